The lowest BCUT2D eigenvalue weighted by Gasteiger charge is -2.30. The molecule has 0 saturated carbocycles. The highest BCUT2D eigenvalue weighted by Gasteiger charge is 2.17. The fourth-order valence-electron chi connectivity index (χ4n) is 3.12. The third-order valence-electron chi connectivity index (χ3n) is 4.32. The number of hydrogen-bond acceptors (Lipinski definition) is 4. The Hall–Kier alpha value is -1.26. The Morgan fingerprint density at radius 1 is 1.25 bits per heavy atom. The minimum atomic E-state index is 0.425. The summed E-state index contributed by atoms with van der Waals surface area (Å²) in [6.07, 6.45) is 4.70. The molecule has 20 heavy (non-hydrogen) atoms. The molecule has 1 unspecified atom stereocenters. The molecule has 3 rings (SSSR count). The number of piperidine rings is 1. The number of phenolic OH excluding ortho intramolecular Hbond substituents is 1. The molecule has 2 aliphatic rings. The van der Waals surface area contributed by atoms with Gasteiger partial charge in [-0.1, -0.05) is 6.42 Å². The van der Waals surface area contributed by atoms with Crippen LogP contribution < -0.4 is 10.2 Å². The second-order valence-corrected chi connectivity index (χ2v) is 5.76. The Labute approximate surface area is 120 Å². The Morgan fingerprint density at radius 3 is 2.85 bits per heavy atom. The van der Waals surface area contributed by atoms with Gasteiger partial charge >= 0.3 is 0 Å². The summed E-state index contributed by atoms with van der Waals surface area (Å²) in [5.41, 5.74) is 2.27. The zero-order chi connectivity index (χ0) is 13.8. The number of nitrogens with one attached hydrogen (secondary N) is 1. The summed E-state index contributed by atoms with van der Waals surface area (Å²) >= 11 is 0. The average Bonchev–Trinajstić information content (AvgIpc) is 2.51. The third kappa shape index (κ3) is 3.25. The minimum absolute atomic E-state index is 0.425. The van der Waals surface area contributed by atoms with Crippen LogP contribution in [0, 0.1) is 0 Å². The first kappa shape index (κ1) is 13.7. The average molecular weight is 276 g/mol. The molecule has 4 heteroatoms. The molecular weight excluding hydrogens is 252 g/mol. The fourth-order valence-corrected chi connectivity index (χ4v) is 3.12. The van der Waals surface area contributed by atoms with E-state index in [1.165, 1.54) is 24.9 Å². The number of aromatic hydroxyl groups is 1. The van der Waals surface area contributed by atoms with E-state index in [9.17, 15) is 5.11 Å². The van der Waals surface area contributed by atoms with E-state index in [0.29, 0.717) is 11.8 Å². The quantitative estimate of drug-likeness (QED) is 0.885. The van der Waals surface area contributed by atoms with Crippen molar-refractivity contribution in [2.24, 2.45) is 0 Å². The van der Waals surface area contributed by atoms with Gasteiger partial charge in [0.15, 0.2) is 0 Å². The van der Waals surface area contributed by atoms with Crippen molar-refractivity contribution in [2.75, 3.05) is 37.7 Å². The van der Waals surface area contributed by atoms with Gasteiger partial charge in [0.25, 0.3) is 0 Å². The molecule has 2 fully saturated rings. The summed E-state index contributed by atoms with van der Waals surface area (Å²) in [7, 11) is 0. The van der Waals surface area contributed by atoms with Crippen LogP contribution in [0.25, 0.3) is 0 Å². The molecule has 0 bridgehead atoms. The first-order chi connectivity index (χ1) is 9.83. The number of benzene rings is 1. The monoisotopic (exact) mass is 276 g/mol. The molecule has 1 aromatic carbocycles. The van der Waals surface area contributed by atoms with Crippen LogP contribution in [0.5, 0.6) is 5.75 Å². The van der Waals surface area contributed by atoms with Crippen molar-refractivity contribution in [3.8, 4) is 5.75 Å². The molecule has 110 valence electrons. The van der Waals surface area contributed by atoms with Crippen molar-refractivity contribution in [1.82, 2.24) is 5.32 Å². The largest absolute Gasteiger partial charge is 0.508 e. The maximum absolute atomic E-state index is 10.1. The van der Waals surface area contributed by atoms with Crippen molar-refractivity contribution >= 4 is 5.69 Å². The second kappa shape index (κ2) is 6.46. The molecule has 0 radical (unpaired) electrons. The SMILES string of the molecule is Oc1ccc(N2CCOCC2)cc1CC1CCCCN1. The Kier molecular flexibility index (Phi) is 4.43. The van der Waals surface area contributed by atoms with Gasteiger partial charge in [0.05, 0.1) is 13.2 Å². The number of rotatable bonds is 3. The van der Waals surface area contributed by atoms with Crippen LogP contribution in [0.3, 0.4) is 0 Å². The van der Waals surface area contributed by atoms with Gasteiger partial charge in [-0.15, -0.1) is 0 Å². The molecule has 2 aliphatic heterocycles. The van der Waals surface area contributed by atoms with Crippen LogP contribution in [-0.4, -0.2) is 44.0 Å². The lowest BCUT2D eigenvalue weighted by Crippen LogP contribution is -2.37. The minimum Gasteiger partial charge on any atom is -0.508 e. The fraction of sp³-hybridized carbons (Fsp3) is 0.625. The molecule has 1 atom stereocenters. The predicted octanol–water partition coefficient (Wildman–Crippen LogP) is 1.91. The molecule has 2 saturated heterocycles. The van der Waals surface area contributed by atoms with E-state index >= 15 is 0 Å². The highest BCUT2D eigenvalue weighted by molar-refractivity contribution is 5.53. The number of anilines is 1. The summed E-state index contributed by atoms with van der Waals surface area (Å²) in [6, 6.07) is 6.51. The maximum atomic E-state index is 10.1. The van der Waals surface area contributed by atoms with Gasteiger partial charge in [-0.25, -0.2) is 0 Å². The van der Waals surface area contributed by atoms with Gasteiger partial charge < -0.3 is 20.1 Å². The molecule has 0 aromatic heterocycles. The number of morpholine rings is 1. The van der Waals surface area contributed by atoms with Gasteiger partial charge in [-0.2, -0.15) is 0 Å². The normalized spacial score (nSPS) is 23.8. The molecule has 1 aromatic rings. The van der Waals surface area contributed by atoms with Crippen molar-refractivity contribution in [2.45, 2.75) is 31.7 Å². The Bertz CT molecular complexity index is 438. The number of nitrogens with zero attached hydrogens (tertiary/aromatic N) is 1. The summed E-state index contributed by atoms with van der Waals surface area (Å²) in [4.78, 5) is 2.33. The van der Waals surface area contributed by atoms with E-state index in [1.807, 2.05) is 12.1 Å². The number of phenols is 1. The van der Waals surface area contributed by atoms with E-state index in [2.05, 4.69) is 16.3 Å². The summed E-state index contributed by atoms with van der Waals surface area (Å²) < 4.78 is 5.40. The van der Waals surface area contributed by atoms with E-state index in [-0.39, 0.29) is 0 Å². The lowest BCUT2D eigenvalue weighted by atomic mass is 9.97. The smallest absolute Gasteiger partial charge is 0.118 e. The topological polar surface area (TPSA) is 44.7 Å². The molecule has 2 heterocycles. The number of ether oxygens (including phenoxy) is 1. The molecule has 2 N–H and O–H groups in total. The Balaban J connectivity index is 1.72. The van der Waals surface area contributed by atoms with Crippen LogP contribution in [0.15, 0.2) is 18.2 Å². The van der Waals surface area contributed by atoms with Crippen LogP contribution in [0.1, 0.15) is 24.8 Å². The van der Waals surface area contributed by atoms with E-state index in [1.54, 1.807) is 0 Å². The van der Waals surface area contributed by atoms with Gasteiger partial charge in [0, 0.05) is 24.8 Å². The Morgan fingerprint density at radius 2 is 2.10 bits per heavy atom. The van der Waals surface area contributed by atoms with E-state index in [0.717, 1.165) is 44.8 Å². The number of hydrogen-bond donors (Lipinski definition) is 2. The van der Waals surface area contributed by atoms with Crippen LogP contribution >= 0.6 is 0 Å². The first-order valence-corrected chi connectivity index (χ1v) is 7.71. The van der Waals surface area contributed by atoms with Crippen LogP contribution in [0.2, 0.25) is 0 Å². The maximum Gasteiger partial charge on any atom is 0.118 e. The zero-order valence-corrected chi connectivity index (χ0v) is 12.0. The predicted molar refractivity (Wildman–Crippen MR) is 80.5 cm³/mol. The van der Waals surface area contributed by atoms with E-state index in [4.69, 9.17) is 4.74 Å². The molecule has 0 spiro atoms. The van der Waals surface area contributed by atoms with Crippen molar-refractivity contribution in [3.05, 3.63) is 23.8 Å². The van der Waals surface area contributed by atoms with Gasteiger partial charge in [0.2, 0.25) is 0 Å². The van der Waals surface area contributed by atoms with Crippen LogP contribution in [-0.2, 0) is 11.2 Å². The zero-order valence-electron chi connectivity index (χ0n) is 12.0. The molecule has 4 nitrogen and oxygen atoms in total. The lowest BCUT2D eigenvalue weighted by molar-refractivity contribution is 0.122. The first-order valence-electron chi connectivity index (χ1n) is 7.71. The highest BCUT2D eigenvalue weighted by atomic mass is 16.5. The van der Waals surface area contributed by atoms with Crippen molar-refractivity contribution in [3.63, 3.8) is 0 Å². The molecule has 0 aliphatic carbocycles. The summed E-state index contributed by atoms with van der Waals surface area (Å²) in [5.74, 6) is 0.425. The summed E-state index contributed by atoms with van der Waals surface area (Å²) in [5, 5.41) is 13.6. The van der Waals surface area contributed by atoms with E-state index < -0.39 is 0 Å². The van der Waals surface area contributed by atoms with Gasteiger partial charge in [-0.05, 0) is 49.6 Å². The van der Waals surface area contributed by atoms with Gasteiger partial charge in [0.1, 0.15) is 5.75 Å². The molecular formula is C16H24N2O2. The van der Waals surface area contributed by atoms with Crippen LogP contribution in [0.4, 0.5) is 5.69 Å². The van der Waals surface area contributed by atoms with Crippen molar-refractivity contribution in [1.29, 1.82) is 0 Å². The summed E-state index contributed by atoms with van der Waals surface area (Å²) in [6.45, 7) is 4.56. The standard InChI is InChI=1S/C16H24N2O2/c19-16-5-4-15(18-7-9-20-10-8-18)12-13(16)11-14-3-1-2-6-17-14/h4-5,12,14,17,19H,1-3,6-11H2. The third-order valence-corrected chi connectivity index (χ3v) is 4.32. The van der Waals surface area contributed by atoms with Gasteiger partial charge in [-0.3, -0.25) is 0 Å². The highest BCUT2D eigenvalue weighted by Crippen LogP contribution is 2.27. The second-order valence-electron chi connectivity index (χ2n) is 5.76. The molecule has 0 amide bonds. The van der Waals surface area contributed by atoms with Crippen molar-refractivity contribution < 1.29 is 9.84 Å².